The summed E-state index contributed by atoms with van der Waals surface area (Å²) in [4.78, 5) is 41.3. The van der Waals surface area contributed by atoms with Gasteiger partial charge in [0.1, 0.15) is 17.7 Å². The smallest absolute Gasteiger partial charge is 0.267 e. The Balaban J connectivity index is 1.49. The lowest BCUT2D eigenvalue weighted by Gasteiger charge is -2.20. The van der Waals surface area contributed by atoms with Gasteiger partial charge >= 0.3 is 0 Å². The van der Waals surface area contributed by atoms with Crippen molar-refractivity contribution in [1.29, 1.82) is 0 Å². The molecule has 4 heterocycles. The van der Waals surface area contributed by atoms with Crippen LogP contribution in [0.2, 0.25) is 0 Å². The van der Waals surface area contributed by atoms with Crippen LogP contribution < -0.4 is 10.9 Å². The number of aromatic nitrogens is 7. The highest BCUT2D eigenvalue weighted by atomic mass is 16.2. The minimum atomic E-state index is -0.637. The first-order chi connectivity index (χ1) is 19.8. The van der Waals surface area contributed by atoms with Crippen LogP contribution in [0.3, 0.4) is 0 Å². The second kappa shape index (κ2) is 10.2. The zero-order valence-corrected chi connectivity index (χ0v) is 23.0. The number of aryl methyl sites for hydroxylation is 2. The first kappa shape index (κ1) is 25.7. The highest BCUT2D eigenvalue weighted by Gasteiger charge is 2.23. The van der Waals surface area contributed by atoms with Crippen LogP contribution in [0.25, 0.3) is 22.2 Å². The summed E-state index contributed by atoms with van der Waals surface area (Å²) in [5.41, 5.74) is 4.52. The number of rotatable bonds is 4. The fourth-order valence-electron chi connectivity index (χ4n) is 4.80. The lowest BCUT2D eigenvalue weighted by Crippen LogP contribution is -2.34. The van der Waals surface area contributed by atoms with E-state index >= 15 is 0 Å². The fourth-order valence-corrected chi connectivity index (χ4v) is 4.80. The van der Waals surface area contributed by atoms with Gasteiger partial charge < -0.3 is 5.32 Å². The predicted molar refractivity (Wildman–Crippen MR) is 155 cm³/mol. The Hall–Kier alpha value is -5.56. The monoisotopic (exact) mass is 542 g/mol. The molecule has 6 rings (SSSR count). The maximum absolute atomic E-state index is 14.2. The zero-order chi connectivity index (χ0) is 28.7. The molecule has 4 aromatic heterocycles. The molecule has 0 fully saturated rings. The summed E-state index contributed by atoms with van der Waals surface area (Å²) in [6.45, 7) is 5.50. The lowest BCUT2D eigenvalue weighted by molar-refractivity contribution is 0.0938. The SMILES string of the molecule is Cc1ncn2ccnc2c1C(=O)N[C@@H](C)c1nc2cccc(C#Cc3cnn(C)c3C)c2c(=O)n1-c1ccccc1. The summed E-state index contributed by atoms with van der Waals surface area (Å²) in [5.74, 6) is 6.33. The molecule has 6 aromatic rings. The van der Waals surface area contributed by atoms with Gasteiger partial charge in [0.15, 0.2) is 5.65 Å². The van der Waals surface area contributed by atoms with Crippen molar-refractivity contribution in [3.63, 3.8) is 0 Å². The molecule has 0 bridgehead atoms. The Morgan fingerprint density at radius 2 is 1.78 bits per heavy atom. The zero-order valence-electron chi connectivity index (χ0n) is 23.0. The third-order valence-electron chi connectivity index (χ3n) is 7.10. The molecule has 0 aliphatic heterocycles. The minimum absolute atomic E-state index is 0.279. The van der Waals surface area contributed by atoms with E-state index in [2.05, 4.69) is 32.2 Å². The third-order valence-corrected chi connectivity index (χ3v) is 7.10. The van der Waals surface area contributed by atoms with Gasteiger partial charge in [-0.2, -0.15) is 5.10 Å². The molecular formula is C31H26N8O2. The van der Waals surface area contributed by atoms with Crippen LogP contribution in [0.4, 0.5) is 0 Å². The topological polar surface area (TPSA) is 112 Å². The molecule has 0 radical (unpaired) electrons. The molecule has 10 nitrogen and oxygen atoms in total. The van der Waals surface area contributed by atoms with E-state index in [0.717, 1.165) is 11.3 Å². The average molecular weight is 543 g/mol. The van der Waals surface area contributed by atoms with Gasteiger partial charge in [-0.1, -0.05) is 36.1 Å². The number of carbonyl (C=O) groups is 1. The van der Waals surface area contributed by atoms with Gasteiger partial charge in [0.05, 0.1) is 45.8 Å². The maximum atomic E-state index is 14.2. The van der Waals surface area contributed by atoms with E-state index in [4.69, 9.17) is 4.98 Å². The molecule has 0 unspecified atom stereocenters. The number of carbonyl (C=O) groups excluding carboxylic acids is 1. The molecule has 1 N–H and O–H groups in total. The Morgan fingerprint density at radius 1 is 1.00 bits per heavy atom. The quantitative estimate of drug-likeness (QED) is 0.340. The second-order valence-electron chi connectivity index (χ2n) is 9.72. The van der Waals surface area contributed by atoms with Crippen LogP contribution in [0.5, 0.6) is 0 Å². The number of nitrogens with zero attached hydrogens (tertiary/aromatic N) is 7. The fraction of sp³-hybridized carbons (Fsp3) is 0.161. The van der Waals surface area contributed by atoms with E-state index in [1.165, 1.54) is 4.57 Å². The summed E-state index contributed by atoms with van der Waals surface area (Å²) in [6, 6.07) is 14.0. The predicted octanol–water partition coefficient (Wildman–Crippen LogP) is 3.67. The van der Waals surface area contributed by atoms with Crippen LogP contribution in [0.15, 0.2) is 78.2 Å². The van der Waals surface area contributed by atoms with Crippen LogP contribution in [0.1, 0.15) is 51.7 Å². The standard InChI is InChI=1S/C31H26N8O2/c1-19-26(29-32-15-16-38(29)18-33-19)30(40)35-20(2)28-36-25-12-8-9-22(13-14-23-17-34-37(4)21(23)3)27(25)31(41)39(28)24-10-6-5-7-11-24/h5-12,15-18,20H,1-4H3,(H,35,40)/t20-/m0/s1. The number of hydrogen-bond acceptors (Lipinski definition) is 6. The van der Waals surface area contributed by atoms with Crippen LogP contribution in [-0.2, 0) is 7.05 Å². The summed E-state index contributed by atoms with van der Waals surface area (Å²) in [6.07, 6.45) is 6.67. The normalized spacial score (nSPS) is 11.8. The number of hydrogen-bond donors (Lipinski definition) is 1. The van der Waals surface area contributed by atoms with Crippen molar-refractivity contribution in [2.24, 2.45) is 7.05 Å². The van der Waals surface area contributed by atoms with Crippen LogP contribution >= 0.6 is 0 Å². The Labute approximate surface area is 235 Å². The number of amides is 1. The Bertz CT molecular complexity index is 2080. The Kier molecular flexibility index (Phi) is 6.40. The first-order valence-electron chi connectivity index (χ1n) is 13.0. The van der Waals surface area contributed by atoms with Gasteiger partial charge in [-0.05, 0) is 45.0 Å². The highest BCUT2D eigenvalue weighted by molar-refractivity contribution is 6.01. The maximum Gasteiger partial charge on any atom is 0.267 e. The largest absolute Gasteiger partial charge is 0.342 e. The molecule has 1 amide bonds. The minimum Gasteiger partial charge on any atom is -0.342 e. The first-order valence-corrected chi connectivity index (χ1v) is 13.0. The molecule has 0 aliphatic carbocycles. The summed E-state index contributed by atoms with van der Waals surface area (Å²) >= 11 is 0. The molecule has 2 aromatic carbocycles. The molecule has 0 saturated carbocycles. The molecule has 202 valence electrons. The second-order valence-corrected chi connectivity index (χ2v) is 9.72. The number of imidazole rings is 1. The Morgan fingerprint density at radius 3 is 2.54 bits per heavy atom. The van der Waals surface area contributed by atoms with Gasteiger partial charge in [0.25, 0.3) is 11.5 Å². The number of para-hydroxylation sites is 1. The molecule has 0 saturated heterocycles. The van der Waals surface area contributed by atoms with Gasteiger partial charge in [0.2, 0.25) is 0 Å². The van der Waals surface area contributed by atoms with Crippen molar-refractivity contribution in [3.05, 3.63) is 118 Å². The lowest BCUT2D eigenvalue weighted by atomic mass is 10.1. The molecular weight excluding hydrogens is 516 g/mol. The number of nitrogens with one attached hydrogen (secondary N) is 1. The van der Waals surface area contributed by atoms with Crippen molar-refractivity contribution >= 4 is 22.5 Å². The van der Waals surface area contributed by atoms with Gasteiger partial charge in [0, 0.05) is 25.0 Å². The van der Waals surface area contributed by atoms with Gasteiger partial charge in [-0.15, -0.1) is 0 Å². The van der Waals surface area contributed by atoms with E-state index in [1.807, 2.05) is 56.4 Å². The van der Waals surface area contributed by atoms with Crippen molar-refractivity contribution < 1.29 is 4.79 Å². The molecule has 0 aliphatic rings. The number of benzene rings is 2. The molecule has 1 atom stereocenters. The van der Waals surface area contributed by atoms with E-state index in [1.54, 1.807) is 53.9 Å². The highest BCUT2D eigenvalue weighted by Crippen LogP contribution is 2.21. The van der Waals surface area contributed by atoms with Crippen molar-refractivity contribution in [3.8, 4) is 17.5 Å². The van der Waals surface area contributed by atoms with Crippen molar-refractivity contribution in [2.45, 2.75) is 26.8 Å². The molecule has 0 spiro atoms. The van der Waals surface area contributed by atoms with E-state index in [0.29, 0.717) is 44.9 Å². The third kappa shape index (κ3) is 4.53. The van der Waals surface area contributed by atoms with E-state index < -0.39 is 6.04 Å². The summed E-state index contributed by atoms with van der Waals surface area (Å²) in [5, 5.41) is 7.66. The summed E-state index contributed by atoms with van der Waals surface area (Å²) in [7, 11) is 1.86. The average Bonchev–Trinajstić information content (AvgIpc) is 3.57. The molecule has 10 heteroatoms. The van der Waals surface area contributed by atoms with Crippen molar-refractivity contribution in [1.82, 2.24) is 39.0 Å². The van der Waals surface area contributed by atoms with E-state index in [9.17, 15) is 9.59 Å². The number of fused-ring (bicyclic) bond motifs is 2. The van der Waals surface area contributed by atoms with Crippen LogP contribution in [-0.4, -0.2) is 39.6 Å². The van der Waals surface area contributed by atoms with E-state index in [-0.39, 0.29) is 11.5 Å². The van der Waals surface area contributed by atoms with Crippen molar-refractivity contribution in [2.75, 3.05) is 0 Å². The summed E-state index contributed by atoms with van der Waals surface area (Å²) < 4.78 is 4.98. The van der Waals surface area contributed by atoms with Gasteiger partial charge in [-0.25, -0.2) is 15.0 Å². The van der Waals surface area contributed by atoms with Gasteiger partial charge in [-0.3, -0.25) is 23.2 Å². The van der Waals surface area contributed by atoms with Crippen LogP contribution in [0, 0.1) is 25.7 Å². The molecule has 41 heavy (non-hydrogen) atoms.